The molecule has 0 aliphatic heterocycles. The zero-order valence-electron chi connectivity index (χ0n) is 13.8. The molecular weight excluding hydrogens is 266 g/mol. The summed E-state index contributed by atoms with van der Waals surface area (Å²) in [6, 6.07) is 3.83. The van der Waals surface area contributed by atoms with Crippen LogP contribution in [0.1, 0.15) is 38.2 Å². The summed E-state index contributed by atoms with van der Waals surface area (Å²) < 4.78 is 16.2. The fourth-order valence-electron chi connectivity index (χ4n) is 2.35. The van der Waals surface area contributed by atoms with Gasteiger partial charge in [0.05, 0.1) is 21.3 Å². The van der Waals surface area contributed by atoms with Crippen molar-refractivity contribution in [2.75, 3.05) is 34.4 Å². The SMILES string of the molecule is CCCNCCCCCc1c(OC)cc(OC)cc1OC. The van der Waals surface area contributed by atoms with Crippen LogP contribution >= 0.6 is 0 Å². The highest BCUT2D eigenvalue weighted by molar-refractivity contribution is 5.50. The minimum atomic E-state index is 0.760. The van der Waals surface area contributed by atoms with Gasteiger partial charge in [0.2, 0.25) is 0 Å². The third-order valence-electron chi connectivity index (χ3n) is 3.52. The molecule has 0 aliphatic rings. The molecule has 4 nitrogen and oxygen atoms in total. The first-order valence-electron chi connectivity index (χ1n) is 7.76. The second-order valence-electron chi connectivity index (χ2n) is 5.07. The van der Waals surface area contributed by atoms with Crippen LogP contribution in [0.3, 0.4) is 0 Å². The van der Waals surface area contributed by atoms with Crippen LogP contribution in [0.15, 0.2) is 12.1 Å². The van der Waals surface area contributed by atoms with Crippen LogP contribution in [0.5, 0.6) is 17.2 Å². The third-order valence-corrected chi connectivity index (χ3v) is 3.52. The number of unbranched alkanes of at least 4 members (excludes halogenated alkanes) is 2. The van der Waals surface area contributed by atoms with Gasteiger partial charge in [-0.1, -0.05) is 13.3 Å². The van der Waals surface area contributed by atoms with E-state index in [0.717, 1.165) is 48.7 Å². The van der Waals surface area contributed by atoms with Gasteiger partial charge in [0.15, 0.2) is 0 Å². The smallest absolute Gasteiger partial charge is 0.129 e. The van der Waals surface area contributed by atoms with Crippen molar-refractivity contribution >= 4 is 0 Å². The molecule has 0 atom stereocenters. The molecule has 0 aliphatic carbocycles. The van der Waals surface area contributed by atoms with Crippen molar-refractivity contribution in [3.05, 3.63) is 17.7 Å². The summed E-state index contributed by atoms with van der Waals surface area (Å²) in [4.78, 5) is 0. The van der Waals surface area contributed by atoms with E-state index in [0.29, 0.717) is 0 Å². The molecule has 1 aromatic carbocycles. The summed E-state index contributed by atoms with van der Waals surface area (Å²) in [6.45, 7) is 4.40. The highest BCUT2D eigenvalue weighted by Crippen LogP contribution is 2.35. The topological polar surface area (TPSA) is 39.7 Å². The number of hydrogen-bond donors (Lipinski definition) is 1. The molecule has 0 aromatic heterocycles. The third kappa shape index (κ3) is 5.84. The average Bonchev–Trinajstić information content (AvgIpc) is 2.53. The molecule has 0 saturated heterocycles. The van der Waals surface area contributed by atoms with E-state index in [1.165, 1.54) is 19.3 Å². The standard InChI is InChI=1S/C17H29NO3/c1-5-10-18-11-8-6-7-9-15-16(20-3)12-14(19-2)13-17(15)21-4/h12-13,18H,5-11H2,1-4H3. The van der Waals surface area contributed by atoms with Crippen molar-refractivity contribution in [1.82, 2.24) is 5.32 Å². The number of ether oxygens (including phenoxy) is 3. The average molecular weight is 295 g/mol. The van der Waals surface area contributed by atoms with Crippen molar-refractivity contribution in [1.29, 1.82) is 0 Å². The maximum absolute atomic E-state index is 5.47. The fourth-order valence-corrected chi connectivity index (χ4v) is 2.35. The molecule has 0 radical (unpaired) electrons. The highest BCUT2D eigenvalue weighted by Gasteiger charge is 2.12. The van der Waals surface area contributed by atoms with E-state index >= 15 is 0 Å². The van der Waals surface area contributed by atoms with Crippen LogP contribution in [-0.2, 0) is 6.42 Å². The molecule has 0 spiro atoms. The van der Waals surface area contributed by atoms with Gasteiger partial charge in [-0.2, -0.15) is 0 Å². The van der Waals surface area contributed by atoms with Gasteiger partial charge in [-0.15, -0.1) is 0 Å². The molecule has 0 unspecified atom stereocenters. The maximum Gasteiger partial charge on any atom is 0.129 e. The Balaban J connectivity index is 2.53. The first-order chi connectivity index (χ1) is 10.3. The number of rotatable bonds is 11. The van der Waals surface area contributed by atoms with Gasteiger partial charge >= 0.3 is 0 Å². The van der Waals surface area contributed by atoms with Gasteiger partial charge in [-0.3, -0.25) is 0 Å². The van der Waals surface area contributed by atoms with Crippen molar-refractivity contribution in [3.8, 4) is 17.2 Å². The lowest BCUT2D eigenvalue weighted by Gasteiger charge is -2.15. The van der Waals surface area contributed by atoms with Gasteiger partial charge in [0, 0.05) is 17.7 Å². The lowest BCUT2D eigenvalue weighted by Crippen LogP contribution is -2.15. The first kappa shape index (κ1) is 17.6. The minimum absolute atomic E-state index is 0.760. The van der Waals surface area contributed by atoms with E-state index in [1.54, 1.807) is 21.3 Å². The monoisotopic (exact) mass is 295 g/mol. The lowest BCUT2D eigenvalue weighted by molar-refractivity contribution is 0.367. The summed E-state index contributed by atoms with van der Waals surface area (Å²) in [5, 5.41) is 3.43. The summed E-state index contributed by atoms with van der Waals surface area (Å²) in [6.07, 6.45) is 5.70. The van der Waals surface area contributed by atoms with Gasteiger partial charge in [0.25, 0.3) is 0 Å². The molecule has 1 N–H and O–H groups in total. The van der Waals surface area contributed by atoms with Gasteiger partial charge in [0.1, 0.15) is 17.2 Å². The van der Waals surface area contributed by atoms with Crippen molar-refractivity contribution < 1.29 is 14.2 Å². The van der Waals surface area contributed by atoms with Gasteiger partial charge < -0.3 is 19.5 Å². The van der Waals surface area contributed by atoms with E-state index in [1.807, 2.05) is 12.1 Å². The molecule has 0 amide bonds. The Morgan fingerprint density at radius 1 is 0.857 bits per heavy atom. The Labute approximate surface area is 128 Å². The van der Waals surface area contributed by atoms with Gasteiger partial charge in [-0.05, 0) is 38.8 Å². The molecule has 0 bridgehead atoms. The predicted molar refractivity (Wildman–Crippen MR) is 86.8 cm³/mol. The largest absolute Gasteiger partial charge is 0.496 e. The van der Waals surface area contributed by atoms with E-state index in [9.17, 15) is 0 Å². The molecule has 4 heteroatoms. The Bertz CT molecular complexity index is 382. The van der Waals surface area contributed by atoms with Crippen LogP contribution in [0.2, 0.25) is 0 Å². The second kappa shape index (κ2) is 10.3. The fraction of sp³-hybridized carbons (Fsp3) is 0.647. The van der Waals surface area contributed by atoms with Crippen LogP contribution in [0.4, 0.5) is 0 Å². The molecule has 0 saturated carbocycles. The van der Waals surface area contributed by atoms with E-state index in [-0.39, 0.29) is 0 Å². The minimum Gasteiger partial charge on any atom is -0.496 e. The molecular formula is C17H29NO3. The lowest BCUT2D eigenvalue weighted by atomic mass is 10.0. The number of methoxy groups -OCH3 is 3. The Morgan fingerprint density at radius 3 is 2.05 bits per heavy atom. The number of benzene rings is 1. The molecule has 0 heterocycles. The Hall–Kier alpha value is -1.42. The molecule has 0 fully saturated rings. The molecule has 21 heavy (non-hydrogen) atoms. The van der Waals surface area contributed by atoms with Gasteiger partial charge in [-0.25, -0.2) is 0 Å². The zero-order valence-corrected chi connectivity index (χ0v) is 13.8. The van der Waals surface area contributed by atoms with Crippen molar-refractivity contribution in [2.24, 2.45) is 0 Å². The quantitative estimate of drug-likeness (QED) is 0.635. The number of nitrogens with one attached hydrogen (secondary N) is 1. The number of hydrogen-bond acceptors (Lipinski definition) is 4. The zero-order chi connectivity index (χ0) is 15.5. The summed E-state index contributed by atoms with van der Waals surface area (Å²) in [5.74, 6) is 2.45. The first-order valence-corrected chi connectivity index (χ1v) is 7.76. The molecule has 1 aromatic rings. The molecule has 120 valence electrons. The summed E-state index contributed by atoms with van der Waals surface area (Å²) in [5.41, 5.74) is 1.13. The second-order valence-corrected chi connectivity index (χ2v) is 5.07. The summed E-state index contributed by atoms with van der Waals surface area (Å²) >= 11 is 0. The summed E-state index contributed by atoms with van der Waals surface area (Å²) in [7, 11) is 5.02. The maximum atomic E-state index is 5.47. The van der Waals surface area contributed by atoms with E-state index in [2.05, 4.69) is 12.2 Å². The van der Waals surface area contributed by atoms with Crippen molar-refractivity contribution in [3.63, 3.8) is 0 Å². The van der Waals surface area contributed by atoms with Crippen LogP contribution in [-0.4, -0.2) is 34.4 Å². The van der Waals surface area contributed by atoms with Crippen LogP contribution in [0.25, 0.3) is 0 Å². The van der Waals surface area contributed by atoms with E-state index < -0.39 is 0 Å². The van der Waals surface area contributed by atoms with Crippen molar-refractivity contribution in [2.45, 2.75) is 39.0 Å². The van der Waals surface area contributed by atoms with E-state index in [4.69, 9.17) is 14.2 Å². The normalized spacial score (nSPS) is 10.5. The Morgan fingerprint density at radius 2 is 1.52 bits per heavy atom. The highest BCUT2D eigenvalue weighted by atomic mass is 16.5. The van der Waals surface area contributed by atoms with Crippen LogP contribution in [0, 0.1) is 0 Å². The Kier molecular flexibility index (Phi) is 8.67. The van der Waals surface area contributed by atoms with Crippen LogP contribution < -0.4 is 19.5 Å². The predicted octanol–water partition coefficient (Wildman–Crippen LogP) is 3.42. The molecule has 1 rings (SSSR count).